The number of urea groups is 1. The number of anilines is 1. The van der Waals surface area contributed by atoms with E-state index in [4.69, 9.17) is 4.74 Å². The van der Waals surface area contributed by atoms with E-state index in [0.29, 0.717) is 23.4 Å². The number of esters is 1. The van der Waals surface area contributed by atoms with Gasteiger partial charge in [0, 0.05) is 29.0 Å². The van der Waals surface area contributed by atoms with Gasteiger partial charge < -0.3 is 20.7 Å². The molecule has 0 aromatic heterocycles. The molecule has 8 heteroatoms. The summed E-state index contributed by atoms with van der Waals surface area (Å²) in [7, 11) is 0. The minimum Gasteiger partial charge on any atom is -0.463 e. The molecule has 0 unspecified atom stereocenters. The molecule has 1 heterocycles. The normalized spacial score (nSPS) is 16.6. The van der Waals surface area contributed by atoms with Gasteiger partial charge in [-0.2, -0.15) is 0 Å². The van der Waals surface area contributed by atoms with Crippen molar-refractivity contribution >= 4 is 35.4 Å². The van der Waals surface area contributed by atoms with Gasteiger partial charge in [-0.15, -0.1) is 11.8 Å². The summed E-state index contributed by atoms with van der Waals surface area (Å²) in [5.74, 6) is -0.113. The molecule has 7 nitrogen and oxygen atoms in total. The molecule has 1 aromatic carbocycles. The fourth-order valence-corrected chi connectivity index (χ4v) is 3.44. The van der Waals surface area contributed by atoms with Crippen LogP contribution < -0.4 is 16.0 Å². The van der Waals surface area contributed by atoms with E-state index in [0.717, 1.165) is 10.6 Å². The number of thioether (sulfide) groups is 1. The van der Waals surface area contributed by atoms with Gasteiger partial charge >= 0.3 is 12.0 Å². The van der Waals surface area contributed by atoms with Crippen LogP contribution in [0.3, 0.4) is 0 Å². The molecule has 1 aromatic rings. The summed E-state index contributed by atoms with van der Waals surface area (Å²) in [6.45, 7) is 5.38. The van der Waals surface area contributed by atoms with Crippen molar-refractivity contribution in [3.63, 3.8) is 0 Å². The quantitative estimate of drug-likeness (QED) is 0.501. The summed E-state index contributed by atoms with van der Waals surface area (Å²) in [5.41, 5.74) is 1.75. The number of hydrogen-bond acceptors (Lipinski definition) is 5. The van der Waals surface area contributed by atoms with Gasteiger partial charge in [0.05, 0.1) is 18.2 Å². The van der Waals surface area contributed by atoms with Gasteiger partial charge in [0.1, 0.15) is 0 Å². The topological polar surface area (TPSA) is 96.5 Å². The minimum atomic E-state index is -0.413. The van der Waals surface area contributed by atoms with Crippen LogP contribution in [-0.2, 0) is 14.3 Å². The Morgan fingerprint density at radius 1 is 1.23 bits per heavy atom. The Morgan fingerprint density at radius 2 is 1.92 bits per heavy atom. The lowest BCUT2D eigenvalue weighted by molar-refractivity contribution is -0.139. The average Bonchev–Trinajstić information content (AvgIpc) is 2.60. The molecule has 0 radical (unpaired) electrons. The van der Waals surface area contributed by atoms with Crippen molar-refractivity contribution < 1.29 is 19.1 Å². The predicted molar refractivity (Wildman–Crippen MR) is 101 cm³/mol. The Morgan fingerprint density at radius 3 is 2.50 bits per heavy atom. The highest BCUT2D eigenvalue weighted by Gasteiger charge is 2.31. The molecule has 3 amide bonds. The van der Waals surface area contributed by atoms with Crippen LogP contribution in [0.5, 0.6) is 0 Å². The van der Waals surface area contributed by atoms with Crippen LogP contribution in [0.25, 0.3) is 0 Å². The van der Waals surface area contributed by atoms with E-state index in [1.165, 1.54) is 18.7 Å². The van der Waals surface area contributed by atoms with Crippen LogP contribution in [0.2, 0.25) is 0 Å². The van der Waals surface area contributed by atoms with Gasteiger partial charge in [-0.05, 0) is 37.6 Å². The third-order valence-electron chi connectivity index (χ3n) is 3.70. The maximum atomic E-state index is 12.3. The molecule has 1 atom stereocenters. The summed E-state index contributed by atoms with van der Waals surface area (Å²) in [5, 5.41) is 8.19. The monoisotopic (exact) mass is 377 g/mol. The Bertz CT molecular complexity index is 716. The zero-order valence-corrected chi connectivity index (χ0v) is 15.9. The zero-order chi connectivity index (χ0) is 19.1. The number of nitrogens with one attached hydrogen (secondary N) is 3. The summed E-state index contributed by atoms with van der Waals surface area (Å²) in [6, 6.07) is 6.68. The highest BCUT2D eigenvalue weighted by Crippen LogP contribution is 2.25. The number of carbonyl (C=O) groups excluding carboxylic acids is 3. The third-order valence-corrected chi connectivity index (χ3v) is 4.74. The van der Waals surface area contributed by atoms with Gasteiger partial charge in [-0.1, -0.05) is 6.92 Å². The lowest BCUT2D eigenvalue weighted by Gasteiger charge is -2.28. The first-order valence-electron chi connectivity index (χ1n) is 8.42. The van der Waals surface area contributed by atoms with Gasteiger partial charge in [0.25, 0.3) is 0 Å². The van der Waals surface area contributed by atoms with Crippen LogP contribution >= 0.6 is 11.8 Å². The highest BCUT2D eigenvalue weighted by molar-refractivity contribution is 7.99. The molecule has 1 aliphatic rings. The number of carbonyl (C=O) groups is 3. The first-order valence-corrected chi connectivity index (χ1v) is 9.41. The Labute approximate surface area is 156 Å². The maximum Gasteiger partial charge on any atom is 0.337 e. The number of ether oxygens (including phenoxy) is 1. The van der Waals surface area contributed by atoms with E-state index in [9.17, 15) is 14.4 Å². The van der Waals surface area contributed by atoms with E-state index in [1.807, 2.05) is 19.1 Å². The second kappa shape index (κ2) is 9.28. The molecule has 140 valence electrons. The molecular formula is C18H23N3O4S. The van der Waals surface area contributed by atoms with Crippen molar-refractivity contribution in [2.75, 3.05) is 17.7 Å². The van der Waals surface area contributed by atoms with Crippen LogP contribution in [0.15, 0.2) is 40.4 Å². The van der Waals surface area contributed by atoms with Crippen molar-refractivity contribution in [1.29, 1.82) is 0 Å². The summed E-state index contributed by atoms with van der Waals surface area (Å²) in [6.07, 6.45) is 0.598. The van der Waals surface area contributed by atoms with E-state index in [-0.39, 0.29) is 24.6 Å². The van der Waals surface area contributed by atoms with Crippen molar-refractivity contribution in [3.05, 3.63) is 35.5 Å². The molecule has 1 aliphatic heterocycles. The smallest absolute Gasteiger partial charge is 0.337 e. The molecule has 0 saturated carbocycles. The van der Waals surface area contributed by atoms with Crippen LogP contribution in [0.1, 0.15) is 27.2 Å². The Kier molecular flexibility index (Phi) is 7.08. The average molecular weight is 377 g/mol. The predicted octanol–water partition coefficient (Wildman–Crippen LogP) is 2.65. The summed E-state index contributed by atoms with van der Waals surface area (Å²) >= 11 is 1.49. The lowest BCUT2D eigenvalue weighted by Crippen LogP contribution is -2.50. The van der Waals surface area contributed by atoms with Gasteiger partial charge in [0.2, 0.25) is 5.91 Å². The number of hydrogen-bond donors (Lipinski definition) is 3. The molecule has 2 rings (SSSR count). The zero-order valence-electron chi connectivity index (χ0n) is 15.0. The fourth-order valence-electron chi connectivity index (χ4n) is 2.57. The van der Waals surface area contributed by atoms with E-state index >= 15 is 0 Å². The second-order valence-electron chi connectivity index (χ2n) is 5.67. The molecule has 0 saturated heterocycles. The van der Waals surface area contributed by atoms with Crippen molar-refractivity contribution in [2.24, 2.45) is 0 Å². The molecule has 0 bridgehead atoms. The second-order valence-corrected chi connectivity index (χ2v) is 6.71. The van der Waals surface area contributed by atoms with Gasteiger partial charge in [-0.25, -0.2) is 9.59 Å². The molecule has 3 N–H and O–H groups in total. The minimum absolute atomic E-state index is 0.127. The van der Waals surface area contributed by atoms with E-state index in [1.54, 1.807) is 19.1 Å². The number of rotatable bonds is 7. The Balaban J connectivity index is 2.15. The van der Waals surface area contributed by atoms with Crippen molar-refractivity contribution in [2.45, 2.75) is 38.1 Å². The molecule has 0 spiro atoms. The van der Waals surface area contributed by atoms with Gasteiger partial charge in [-0.3, -0.25) is 4.79 Å². The van der Waals surface area contributed by atoms with Crippen molar-refractivity contribution in [3.8, 4) is 0 Å². The first-order chi connectivity index (χ1) is 12.4. The fraction of sp³-hybridized carbons (Fsp3) is 0.389. The van der Waals surface area contributed by atoms with Gasteiger partial charge in [0.15, 0.2) is 0 Å². The summed E-state index contributed by atoms with van der Waals surface area (Å²) < 4.78 is 5.15. The van der Waals surface area contributed by atoms with E-state index < -0.39 is 5.97 Å². The van der Waals surface area contributed by atoms with Crippen LogP contribution in [0, 0.1) is 0 Å². The standard InChI is InChI=1S/C18H23N3O4S/c1-4-14-16(17(23)25-5-2)15(21-18(24)20-14)10-26-13-8-6-12(7-9-13)19-11(3)22/h6-9,14H,4-5,10H2,1-3H3,(H,19,22)(H2,20,21,24)/t14-/m1/s1. The maximum absolute atomic E-state index is 12.3. The Hall–Kier alpha value is -2.48. The molecular weight excluding hydrogens is 354 g/mol. The first kappa shape index (κ1) is 19.8. The third kappa shape index (κ3) is 5.26. The van der Waals surface area contributed by atoms with Crippen LogP contribution in [0.4, 0.5) is 10.5 Å². The largest absolute Gasteiger partial charge is 0.463 e. The number of amides is 3. The van der Waals surface area contributed by atoms with Crippen molar-refractivity contribution in [1.82, 2.24) is 10.6 Å². The number of benzene rings is 1. The molecule has 0 fully saturated rings. The SMILES string of the molecule is CCOC(=O)C1=C(CSc2ccc(NC(C)=O)cc2)NC(=O)N[C@@H]1CC. The van der Waals surface area contributed by atoms with E-state index in [2.05, 4.69) is 16.0 Å². The highest BCUT2D eigenvalue weighted by atomic mass is 32.2. The lowest BCUT2D eigenvalue weighted by atomic mass is 10.0. The molecule has 26 heavy (non-hydrogen) atoms. The molecule has 0 aliphatic carbocycles. The summed E-state index contributed by atoms with van der Waals surface area (Å²) in [4.78, 5) is 36.2. The van der Waals surface area contributed by atoms with Crippen LogP contribution in [-0.4, -0.2) is 36.3 Å².